The van der Waals surface area contributed by atoms with Gasteiger partial charge in [-0.25, -0.2) is 13.8 Å². The van der Waals surface area contributed by atoms with Crippen LogP contribution < -0.4 is 4.87 Å². The second-order valence-electron chi connectivity index (χ2n) is 4.10. The van der Waals surface area contributed by atoms with Crippen LogP contribution in [-0.4, -0.2) is 15.5 Å². The van der Waals surface area contributed by atoms with Gasteiger partial charge in [-0.15, -0.1) is 0 Å². The van der Waals surface area contributed by atoms with E-state index in [1.807, 2.05) is 0 Å². The van der Waals surface area contributed by atoms with Gasteiger partial charge >= 0.3 is 4.87 Å². The molecular weight excluding hydrogens is 270 g/mol. The van der Waals surface area contributed by atoms with Crippen LogP contribution in [0.2, 0.25) is 5.15 Å². The van der Waals surface area contributed by atoms with Gasteiger partial charge in [0.25, 0.3) is 5.92 Å². The van der Waals surface area contributed by atoms with E-state index in [0.29, 0.717) is 15.5 Å². The summed E-state index contributed by atoms with van der Waals surface area (Å²) in [6.45, 7) is 0.0507. The van der Waals surface area contributed by atoms with Crippen LogP contribution in [0.5, 0.6) is 0 Å². The Bertz CT molecular complexity index is 651. The third-order valence-corrected chi connectivity index (χ3v) is 3.96. The summed E-state index contributed by atoms with van der Waals surface area (Å²) in [5.41, 5.74) is 0.576. The topological polar surface area (TPSA) is 34.9 Å². The van der Waals surface area contributed by atoms with E-state index in [2.05, 4.69) is 4.98 Å². The molecule has 3 nitrogen and oxygen atoms in total. The molecule has 0 aromatic carbocycles. The number of nitrogens with zero attached hydrogens (tertiary/aromatic N) is 2. The van der Waals surface area contributed by atoms with Gasteiger partial charge in [0, 0.05) is 18.9 Å². The molecule has 1 atom stereocenters. The number of aromatic nitrogens is 2. The molecule has 0 N–H and O–H groups in total. The number of rotatable bonds is 2. The first-order chi connectivity index (χ1) is 7.97. The van der Waals surface area contributed by atoms with E-state index >= 15 is 0 Å². The van der Waals surface area contributed by atoms with Gasteiger partial charge in [0.15, 0.2) is 0 Å². The molecule has 0 spiro atoms. The number of hydrogen-bond acceptors (Lipinski definition) is 3. The summed E-state index contributed by atoms with van der Waals surface area (Å²) in [5, 5.41) is 0.294. The van der Waals surface area contributed by atoms with Crippen LogP contribution in [0.1, 0.15) is 6.42 Å². The van der Waals surface area contributed by atoms with Crippen LogP contribution in [0.15, 0.2) is 16.9 Å². The highest BCUT2D eigenvalue weighted by atomic mass is 35.5. The molecule has 1 fully saturated rings. The third-order valence-electron chi connectivity index (χ3n) is 2.86. The summed E-state index contributed by atoms with van der Waals surface area (Å²) in [6.07, 6.45) is -0.141. The normalized spacial score (nSPS) is 21.9. The van der Waals surface area contributed by atoms with Crippen molar-refractivity contribution in [3.05, 3.63) is 27.0 Å². The molecular formula is C10H7ClF2N2OS. The highest BCUT2D eigenvalue weighted by Crippen LogP contribution is 2.49. The van der Waals surface area contributed by atoms with Crippen LogP contribution in [0.25, 0.3) is 10.3 Å². The van der Waals surface area contributed by atoms with Crippen LogP contribution in [-0.2, 0) is 6.54 Å². The van der Waals surface area contributed by atoms with E-state index in [-0.39, 0.29) is 17.8 Å². The van der Waals surface area contributed by atoms with Gasteiger partial charge in [-0.05, 0) is 12.1 Å². The van der Waals surface area contributed by atoms with E-state index in [4.69, 9.17) is 11.6 Å². The number of pyridine rings is 1. The molecule has 90 valence electrons. The number of thiazole rings is 1. The molecule has 2 aromatic heterocycles. The fourth-order valence-electron chi connectivity index (χ4n) is 1.79. The summed E-state index contributed by atoms with van der Waals surface area (Å²) in [6, 6.07) is 3.20. The molecule has 1 aliphatic carbocycles. The van der Waals surface area contributed by atoms with Crippen molar-refractivity contribution in [1.82, 2.24) is 9.55 Å². The minimum atomic E-state index is -2.62. The van der Waals surface area contributed by atoms with Crippen molar-refractivity contribution in [2.24, 2.45) is 5.92 Å². The second kappa shape index (κ2) is 3.49. The van der Waals surface area contributed by atoms with Crippen molar-refractivity contribution in [3.8, 4) is 0 Å². The third kappa shape index (κ3) is 1.85. The second-order valence-corrected chi connectivity index (χ2v) is 5.43. The SMILES string of the molecule is O=c1sc2nc(Cl)ccc2n1CC1CC1(F)F. The van der Waals surface area contributed by atoms with Crippen LogP contribution in [0, 0.1) is 5.92 Å². The molecule has 1 unspecified atom stereocenters. The average molecular weight is 277 g/mol. The largest absolute Gasteiger partial charge is 0.309 e. The Morgan fingerprint density at radius 3 is 2.94 bits per heavy atom. The zero-order valence-corrected chi connectivity index (χ0v) is 10.1. The number of fused-ring (bicyclic) bond motifs is 1. The quantitative estimate of drug-likeness (QED) is 0.791. The summed E-state index contributed by atoms with van der Waals surface area (Å²) in [7, 11) is 0. The van der Waals surface area contributed by atoms with Crippen LogP contribution >= 0.6 is 22.9 Å². The maximum atomic E-state index is 12.8. The lowest BCUT2D eigenvalue weighted by Gasteiger charge is -2.02. The number of halogens is 3. The molecule has 0 bridgehead atoms. The molecule has 17 heavy (non-hydrogen) atoms. The monoisotopic (exact) mass is 276 g/mol. The summed E-state index contributed by atoms with van der Waals surface area (Å²) in [5.74, 6) is -3.35. The first kappa shape index (κ1) is 11.1. The standard InChI is InChI=1S/C10H7ClF2N2OS/c11-7-2-1-6-8(14-7)17-9(16)15(6)4-5-3-10(5,12)13/h1-2,5H,3-4H2. The lowest BCUT2D eigenvalue weighted by Crippen LogP contribution is -2.15. The zero-order valence-electron chi connectivity index (χ0n) is 8.49. The van der Waals surface area contributed by atoms with E-state index < -0.39 is 11.8 Å². The van der Waals surface area contributed by atoms with Gasteiger partial charge in [0.2, 0.25) is 0 Å². The molecule has 0 saturated heterocycles. The van der Waals surface area contributed by atoms with Gasteiger partial charge in [-0.2, -0.15) is 0 Å². The van der Waals surface area contributed by atoms with Gasteiger partial charge in [-0.1, -0.05) is 22.9 Å². The molecule has 3 rings (SSSR count). The predicted molar refractivity (Wildman–Crippen MR) is 61.9 cm³/mol. The minimum Gasteiger partial charge on any atom is -0.297 e. The Kier molecular flexibility index (Phi) is 2.28. The molecule has 1 aliphatic rings. The van der Waals surface area contributed by atoms with Gasteiger partial charge < -0.3 is 0 Å². The highest BCUT2D eigenvalue weighted by molar-refractivity contribution is 7.16. The van der Waals surface area contributed by atoms with Crippen molar-refractivity contribution in [2.45, 2.75) is 18.9 Å². The highest BCUT2D eigenvalue weighted by Gasteiger charge is 2.56. The molecule has 0 radical (unpaired) electrons. The van der Waals surface area contributed by atoms with Crippen molar-refractivity contribution in [2.75, 3.05) is 0 Å². The number of alkyl halides is 2. The first-order valence-electron chi connectivity index (χ1n) is 5.01. The van der Waals surface area contributed by atoms with E-state index in [1.54, 1.807) is 12.1 Å². The molecule has 7 heteroatoms. The lowest BCUT2D eigenvalue weighted by molar-refractivity contribution is 0.0953. The van der Waals surface area contributed by atoms with Crippen molar-refractivity contribution in [1.29, 1.82) is 0 Å². The zero-order chi connectivity index (χ0) is 12.2. The summed E-state index contributed by atoms with van der Waals surface area (Å²) in [4.78, 5) is 15.9. The van der Waals surface area contributed by atoms with Crippen LogP contribution in [0.3, 0.4) is 0 Å². The Morgan fingerprint density at radius 2 is 2.29 bits per heavy atom. The van der Waals surface area contributed by atoms with Gasteiger partial charge in [0.05, 0.1) is 5.52 Å². The number of hydrogen-bond donors (Lipinski definition) is 0. The summed E-state index contributed by atoms with van der Waals surface area (Å²) < 4.78 is 27.0. The Morgan fingerprint density at radius 1 is 1.59 bits per heavy atom. The maximum Gasteiger partial charge on any atom is 0.309 e. The maximum absolute atomic E-state index is 12.8. The molecule has 1 saturated carbocycles. The molecule has 2 aromatic rings. The summed E-state index contributed by atoms with van der Waals surface area (Å²) >= 11 is 6.64. The smallest absolute Gasteiger partial charge is 0.297 e. The lowest BCUT2D eigenvalue weighted by atomic mass is 10.4. The predicted octanol–water partition coefficient (Wildman–Crippen LogP) is 2.77. The Labute approximate surface area is 104 Å². The van der Waals surface area contributed by atoms with Crippen LogP contribution in [0.4, 0.5) is 8.78 Å². The Hall–Kier alpha value is -1.01. The van der Waals surface area contributed by atoms with Crippen molar-refractivity contribution >= 4 is 33.3 Å². The van der Waals surface area contributed by atoms with Gasteiger partial charge in [0.1, 0.15) is 9.98 Å². The van der Waals surface area contributed by atoms with Gasteiger partial charge in [-0.3, -0.25) is 9.36 Å². The van der Waals surface area contributed by atoms with E-state index in [0.717, 1.165) is 11.3 Å². The van der Waals surface area contributed by atoms with Crippen molar-refractivity contribution < 1.29 is 8.78 Å². The first-order valence-corrected chi connectivity index (χ1v) is 6.20. The van der Waals surface area contributed by atoms with Crippen molar-refractivity contribution in [3.63, 3.8) is 0 Å². The van der Waals surface area contributed by atoms with E-state index in [1.165, 1.54) is 4.57 Å². The fourth-order valence-corrected chi connectivity index (χ4v) is 2.86. The van der Waals surface area contributed by atoms with E-state index in [9.17, 15) is 13.6 Å². The average Bonchev–Trinajstić information content (AvgIpc) is 2.71. The molecule has 0 aliphatic heterocycles. The fraction of sp³-hybridized carbons (Fsp3) is 0.400. The molecule has 2 heterocycles. The minimum absolute atomic E-state index is 0.0507. The molecule has 0 amide bonds. The Balaban J connectivity index is 2.04.